The van der Waals surface area contributed by atoms with Crippen molar-refractivity contribution in [3.63, 3.8) is 0 Å². The summed E-state index contributed by atoms with van der Waals surface area (Å²) >= 11 is 5.76. The second-order valence-corrected chi connectivity index (χ2v) is 5.90. The second-order valence-electron chi connectivity index (χ2n) is 3.89. The monoisotopic (exact) mass is 308 g/mol. The van der Waals surface area contributed by atoms with Gasteiger partial charge in [0.1, 0.15) is 0 Å². The maximum absolute atomic E-state index is 12.3. The molecule has 0 unspecified atom stereocenters. The molecule has 1 aromatic heterocycles. The number of halogens is 1. The molecule has 1 aromatic carbocycles. The number of nitrogens with one attached hydrogen (secondary N) is 1. The fourth-order valence-corrected chi connectivity index (χ4v) is 3.04. The smallest absolute Gasteiger partial charge is 0.261 e. The van der Waals surface area contributed by atoms with Crippen molar-refractivity contribution in [2.45, 2.75) is 11.8 Å². The van der Waals surface area contributed by atoms with Crippen LogP contribution in [0.4, 0.5) is 5.82 Å². The van der Waals surface area contributed by atoms with Crippen molar-refractivity contribution >= 4 is 27.4 Å². The molecule has 0 saturated heterocycles. The quantitative estimate of drug-likeness (QED) is 0.936. The van der Waals surface area contributed by atoms with E-state index in [4.69, 9.17) is 16.9 Å². The summed E-state index contributed by atoms with van der Waals surface area (Å²) in [5.74, 6) is -0.0436. The molecule has 8 heteroatoms. The van der Waals surface area contributed by atoms with Gasteiger partial charge in [-0.1, -0.05) is 11.6 Å². The first kappa shape index (κ1) is 14.2. The number of aromatic nitrogens is 2. The molecule has 20 heavy (non-hydrogen) atoms. The Balaban J connectivity index is 2.42. The molecule has 0 aliphatic carbocycles. The number of hydrogen-bond donors (Lipinski definition) is 1. The first-order valence-electron chi connectivity index (χ1n) is 5.44. The number of rotatable bonds is 3. The molecule has 0 spiro atoms. The minimum absolute atomic E-state index is 0.0395. The number of nitrogens with zero attached hydrogens (tertiary/aromatic N) is 3. The van der Waals surface area contributed by atoms with E-state index >= 15 is 0 Å². The number of aryl methyl sites for hydroxylation is 1. The standard InChI is InChI=1S/C12H9ClN4O2S/c1-8-6-9(7-14)2-3-10(8)20(18,19)17-12-11(13)15-4-5-16-12/h2-6H,1H3,(H,16,17). The van der Waals surface area contributed by atoms with Gasteiger partial charge in [-0.2, -0.15) is 5.26 Å². The van der Waals surface area contributed by atoms with Gasteiger partial charge in [0, 0.05) is 12.4 Å². The molecule has 0 atom stereocenters. The Morgan fingerprint density at radius 1 is 1.30 bits per heavy atom. The number of sulfonamides is 1. The Morgan fingerprint density at radius 3 is 2.60 bits per heavy atom. The lowest BCUT2D eigenvalue weighted by Crippen LogP contribution is -2.15. The van der Waals surface area contributed by atoms with Crippen LogP contribution in [0.1, 0.15) is 11.1 Å². The van der Waals surface area contributed by atoms with Gasteiger partial charge in [-0.3, -0.25) is 4.72 Å². The lowest BCUT2D eigenvalue weighted by Gasteiger charge is -2.10. The molecule has 1 N–H and O–H groups in total. The first-order valence-corrected chi connectivity index (χ1v) is 7.30. The minimum atomic E-state index is -3.84. The molecular weight excluding hydrogens is 300 g/mol. The Kier molecular flexibility index (Phi) is 3.88. The third kappa shape index (κ3) is 2.87. The van der Waals surface area contributed by atoms with Gasteiger partial charge in [-0.25, -0.2) is 18.4 Å². The fourth-order valence-electron chi connectivity index (χ4n) is 1.59. The largest absolute Gasteiger partial charge is 0.263 e. The van der Waals surface area contributed by atoms with Crippen LogP contribution in [-0.4, -0.2) is 18.4 Å². The van der Waals surface area contributed by atoms with Gasteiger partial charge in [-0.05, 0) is 30.7 Å². The predicted octanol–water partition coefficient (Wildman–Crippen LogP) is 2.11. The average Bonchev–Trinajstić information content (AvgIpc) is 2.40. The summed E-state index contributed by atoms with van der Waals surface area (Å²) in [7, 11) is -3.84. The Labute approximate surface area is 121 Å². The highest BCUT2D eigenvalue weighted by Crippen LogP contribution is 2.22. The highest BCUT2D eigenvalue weighted by molar-refractivity contribution is 7.92. The van der Waals surface area contributed by atoms with Gasteiger partial charge < -0.3 is 0 Å². The molecule has 102 valence electrons. The molecule has 0 radical (unpaired) electrons. The van der Waals surface area contributed by atoms with E-state index in [1.54, 1.807) is 6.92 Å². The number of hydrogen-bond acceptors (Lipinski definition) is 5. The van der Waals surface area contributed by atoms with Gasteiger partial charge in [0.05, 0.1) is 16.5 Å². The maximum Gasteiger partial charge on any atom is 0.263 e. The maximum atomic E-state index is 12.3. The highest BCUT2D eigenvalue weighted by atomic mass is 35.5. The van der Waals surface area contributed by atoms with E-state index in [9.17, 15) is 8.42 Å². The van der Waals surface area contributed by atoms with Crippen LogP contribution in [0.25, 0.3) is 0 Å². The van der Waals surface area contributed by atoms with Crippen molar-refractivity contribution < 1.29 is 8.42 Å². The van der Waals surface area contributed by atoms with E-state index in [0.29, 0.717) is 11.1 Å². The third-order valence-electron chi connectivity index (χ3n) is 2.48. The number of benzene rings is 1. The lowest BCUT2D eigenvalue weighted by atomic mass is 10.2. The summed E-state index contributed by atoms with van der Waals surface area (Å²) in [4.78, 5) is 7.61. The van der Waals surface area contributed by atoms with E-state index in [1.807, 2.05) is 6.07 Å². The van der Waals surface area contributed by atoms with Gasteiger partial charge in [0.2, 0.25) is 0 Å². The van der Waals surface area contributed by atoms with Crippen LogP contribution in [0, 0.1) is 18.3 Å². The van der Waals surface area contributed by atoms with Gasteiger partial charge in [0.15, 0.2) is 11.0 Å². The molecule has 2 rings (SSSR count). The SMILES string of the molecule is Cc1cc(C#N)ccc1S(=O)(=O)Nc1nccnc1Cl. The van der Waals surface area contributed by atoms with Crippen molar-refractivity contribution in [2.75, 3.05) is 4.72 Å². The van der Waals surface area contributed by atoms with E-state index in [2.05, 4.69) is 14.7 Å². The van der Waals surface area contributed by atoms with Gasteiger partial charge in [-0.15, -0.1) is 0 Å². The second kappa shape index (κ2) is 5.45. The summed E-state index contributed by atoms with van der Waals surface area (Å²) in [5, 5.41) is 8.74. The molecule has 0 amide bonds. The summed E-state index contributed by atoms with van der Waals surface area (Å²) in [6.45, 7) is 1.60. The van der Waals surface area contributed by atoms with Gasteiger partial charge in [0.25, 0.3) is 10.0 Å². The van der Waals surface area contributed by atoms with E-state index in [1.165, 1.54) is 30.6 Å². The first-order chi connectivity index (χ1) is 9.44. The Hall–Kier alpha value is -2.17. The molecule has 6 nitrogen and oxygen atoms in total. The van der Waals surface area contributed by atoms with Gasteiger partial charge >= 0.3 is 0 Å². The minimum Gasteiger partial charge on any atom is -0.261 e. The molecule has 2 aromatic rings. The van der Waals surface area contributed by atoms with Crippen LogP contribution in [0.5, 0.6) is 0 Å². The molecule has 1 heterocycles. The van der Waals surface area contributed by atoms with Crippen LogP contribution in [0.3, 0.4) is 0 Å². The van der Waals surface area contributed by atoms with E-state index < -0.39 is 10.0 Å². The van der Waals surface area contributed by atoms with E-state index in [0.717, 1.165) is 0 Å². The third-order valence-corrected chi connectivity index (χ3v) is 4.25. The zero-order valence-corrected chi connectivity index (χ0v) is 11.9. The molecule has 0 bridgehead atoms. The van der Waals surface area contributed by atoms with Crippen LogP contribution in [0.15, 0.2) is 35.5 Å². The zero-order valence-electron chi connectivity index (χ0n) is 10.3. The average molecular weight is 309 g/mol. The molecular formula is C12H9ClN4O2S. The van der Waals surface area contributed by atoms with Crippen LogP contribution >= 0.6 is 11.6 Å². The zero-order chi connectivity index (χ0) is 14.8. The van der Waals surface area contributed by atoms with Crippen LogP contribution in [-0.2, 0) is 10.0 Å². The molecule has 0 aliphatic heterocycles. The van der Waals surface area contributed by atoms with Crippen LogP contribution < -0.4 is 4.72 Å². The molecule has 0 fully saturated rings. The predicted molar refractivity (Wildman–Crippen MR) is 73.7 cm³/mol. The van der Waals surface area contributed by atoms with Crippen LogP contribution in [0.2, 0.25) is 5.15 Å². The number of anilines is 1. The summed E-state index contributed by atoms with van der Waals surface area (Å²) in [6, 6.07) is 6.23. The molecule has 0 saturated carbocycles. The topological polar surface area (TPSA) is 95.7 Å². The molecule has 0 aliphatic rings. The number of nitriles is 1. The van der Waals surface area contributed by atoms with Crippen molar-refractivity contribution in [3.05, 3.63) is 46.9 Å². The van der Waals surface area contributed by atoms with E-state index in [-0.39, 0.29) is 15.9 Å². The van der Waals surface area contributed by atoms with Crippen molar-refractivity contribution in [1.82, 2.24) is 9.97 Å². The van der Waals surface area contributed by atoms with Crippen molar-refractivity contribution in [1.29, 1.82) is 5.26 Å². The van der Waals surface area contributed by atoms with Crippen molar-refractivity contribution in [2.24, 2.45) is 0 Å². The fraction of sp³-hybridized carbons (Fsp3) is 0.0833. The van der Waals surface area contributed by atoms with Crippen molar-refractivity contribution in [3.8, 4) is 6.07 Å². The highest BCUT2D eigenvalue weighted by Gasteiger charge is 2.19. The summed E-state index contributed by atoms with van der Waals surface area (Å²) < 4.78 is 26.8. The summed E-state index contributed by atoms with van der Waals surface area (Å²) in [6.07, 6.45) is 2.68. The summed E-state index contributed by atoms with van der Waals surface area (Å²) in [5.41, 5.74) is 0.843. The Bertz CT molecular complexity index is 799. The normalized spacial score (nSPS) is 10.8. The Morgan fingerprint density at radius 2 is 2.00 bits per heavy atom. The lowest BCUT2D eigenvalue weighted by molar-refractivity contribution is 0.600.